The van der Waals surface area contributed by atoms with Crippen LogP contribution in [0, 0.1) is 0 Å². The summed E-state index contributed by atoms with van der Waals surface area (Å²) in [5.74, 6) is 4.45. The first-order valence-corrected chi connectivity index (χ1v) is 5.79. The molecule has 5 heavy (non-hydrogen) atoms. The molecule has 1 aromatic rings. The lowest BCUT2D eigenvalue weighted by Crippen LogP contribution is -1.01. The number of hydrogen-bond donors (Lipinski definition) is 0. The van der Waals surface area contributed by atoms with Gasteiger partial charge < -0.3 is 0 Å². The highest BCUT2D eigenvalue weighted by Gasteiger charge is 1.59. The minimum absolute atomic E-state index is 1.09. The normalized spacial score (nSPS) is 12.8. The minimum atomic E-state index is 1.09. The molecule has 0 fully saturated rings. The molecule has 0 radical (unpaired) electrons. The van der Waals surface area contributed by atoms with Crippen molar-refractivity contribution in [2.45, 2.75) is 0 Å². The molecule has 1 aromatic heterocycles. The van der Waals surface area contributed by atoms with E-state index in [1.807, 2.05) is 0 Å². The molecule has 0 bridgehead atoms. The molecule has 0 saturated heterocycles. The summed E-state index contributed by atoms with van der Waals surface area (Å²) in [7, 11) is 4.16. The van der Waals surface area contributed by atoms with Crippen molar-refractivity contribution in [2.75, 3.05) is 0 Å². The average molecular weight is 120 g/mol. The van der Waals surface area contributed by atoms with E-state index in [2.05, 4.69) is 11.6 Å². The summed E-state index contributed by atoms with van der Waals surface area (Å²) in [6.07, 6.45) is 0. The van der Waals surface area contributed by atoms with Crippen LogP contribution in [0.15, 0.2) is 11.6 Å². The minimum Gasteiger partial charge on any atom is -0.106 e. The van der Waals surface area contributed by atoms with Gasteiger partial charge >= 0.3 is 0 Å². The molecule has 0 aliphatic rings. The predicted octanol–water partition coefficient (Wildman–Crippen LogP) is 2.88. The van der Waals surface area contributed by atoms with Gasteiger partial charge in [-0.2, -0.15) is 0 Å². The molecule has 1 unspecified atom stereocenters. The Labute approximate surface area is 35.7 Å². The highest BCUT2D eigenvalue weighted by atomic mass is 32.1. The zero-order chi connectivity index (χ0) is 3.54. The van der Waals surface area contributed by atoms with Gasteiger partial charge in [0, 0.05) is 0 Å². The molecule has 0 amide bonds. The first kappa shape index (κ1) is 3.82. The second kappa shape index (κ2) is 1.93. The van der Waals surface area contributed by atoms with Gasteiger partial charge in [-0.25, -0.2) is 0 Å². The van der Waals surface area contributed by atoms with Crippen LogP contribution >= 0.6 is 23.3 Å². The van der Waals surface area contributed by atoms with Gasteiger partial charge in [-0.1, -0.05) is 0 Å². The van der Waals surface area contributed by atoms with Crippen LogP contribution in [0.25, 0.3) is 0 Å². The van der Waals surface area contributed by atoms with Gasteiger partial charge in [0.15, 0.2) is 0 Å². The number of hydrogen-bond acceptors (Lipinski definition) is 0. The first-order valence-electron chi connectivity index (χ1n) is 1.30. The maximum absolute atomic E-state index is 2.24. The molecular formula is C2H3P3. The molecule has 1 heterocycles. The molecular weight excluding hydrogens is 117 g/mol. The molecule has 0 nitrogen and oxygen atoms in total. The maximum Gasteiger partial charge on any atom is -0.0233 e. The smallest absolute Gasteiger partial charge is 0.0233 e. The van der Waals surface area contributed by atoms with Crippen molar-refractivity contribution in [1.82, 2.24) is 0 Å². The largest absolute Gasteiger partial charge is 0.106 e. The molecule has 1 rings (SSSR count). The second-order valence-corrected chi connectivity index (χ2v) is 5.85. The van der Waals surface area contributed by atoms with E-state index in [4.69, 9.17) is 0 Å². The average Bonchev–Trinajstić information content (AvgIpc) is 1.76. The van der Waals surface area contributed by atoms with Crippen molar-refractivity contribution in [3.8, 4) is 0 Å². The zero-order valence-electron chi connectivity index (χ0n) is 2.55. The zero-order valence-corrected chi connectivity index (χ0v) is 5.34. The van der Waals surface area contributed by atoms with E-state index in [9.17, 15) is 0 Å². The van der Waals surface area contributed by atoms with E-state index in [-0.39, 0.29) is 0 Å². The van der Waals surface area contributed by atoms with E-state index in [0.29, 0.717) is 0 Å². The van der Waals surface area contributed by atoms with E-state index >= 15 is 0 Å². The van der Waals surface area contributed by atoms with Crippen LogP contribution in [-0.2, 0) is 0 Å². The van der Waals surface area contributed by atoms with Gasteiger partial charge in [0.1, 0.15) is 0 Å². The molecule has 0 aliphatic heterocycles. The molecule has 3 heteroatoms. The van der Waals surface area contributed by atoms with Crippen LogP contribution < -0.4 is 0 Å². The van der Waals surface area contributed by atoms with Gasteiger partial charge in [0.25, 0.3) is 0 Å². The SMILES string of the molecule is c1c[pH]pp1. The highest BCUT2D eigenvalue weighted by Crippen LogP contribution is 2.30. The molecule has 0 spiro atoms. The Balaban J connectivity index is 3.13. The third-order valence-corrected chi connectivity index (χ3v) is 5.06. The van der Waals surface area contributed by atoms with Crippen LogP contribution in [0.3, 0.4) is 0 Å². The Bertz CT molecular complexity index is 61.4. The molecule has 0 aliphatic carbocycles. The fraction of sp³-hybridized carbons (Fsp3) is 0. The van der Waals surface area contributed by atoms with E-state index in [1.54, 1.807) is 7.55 Å². The number of rotatable bonds is 0. The van der Waals surface area contributed by atoms with Gasteiger partial charge in [-0.15, -0.1) is 7.87 Å². The summed E-state index contributed by atoms with van der Waals surface area (Å²) >= 11 is 0. The fourth-order valence-corrected chi connectivity index (χ4v) is 4.50. The first-order chi connectivity index (χ1) is 2.50. The third kappa shape index (κ3) is 1.02. The predicted molar refractivity (Wildman–Crippen MR) is 31.0 cm³/mol. The van der Waals surface area contributed by atoms with Crippen LogP contribution in [0.4, 0.5) is 0 Å². The van der Waals surface area contributed by atoms with Gasteiger partial charge in [0.2, 0.25) is 0 Å². The summed E-state index contributed by atoms with van der Waals surface area (Å²) in [6.45, 7) is 0. The van der Waals surface area contributed by atoms with Gasteiger partial charge in [0.05, 0.1) is 0 Å². The summed E-state index contributed by atoms with van der Waals surface area (Å²) in [5, 5.41) is 0. The standard InChI is InChI=1S/C2H3P3/c1-2-4-5-3-1/h1-3H. The topological polar surface area (TPSA) is 0 Å². The second-order valence-electron chi connectivity index (χ2n) is 0.660. The summed E-state index contributed by atoms with van der Waals surface area (Å²) in [6, 6.07) is 0. The summed E-state index contributed by atoms with van der Waals surface area (Å²) < 4.78 is 0. The molecule has 0 aromatic carbocycles. The van der Waals surface area contributed by atoms with Crippen LogP contribution in [0.2, 0.25) is 0 Å². The molecule has 1 atom stereocenters. The summed E-state index contributed by atoms with van der Waals surface area (Å²) in [4.78, 5) is 0. The maximum atomic E-state index is 2.24. The van der Waals surface area contributed by atoms with E-state index < -0.39 is 0 Å². The van der Waals surface area contributed by atoms with Crippen LogP contribution in [0.1, 0.15) is 0 Å². The Morgan fingerprint density at radius 2 is 2.60 bits per heavy atom. The monoisotopic (exact) mass is 120 g/mol. The van der Waals surface area contributed by atoms with Crippen molar-refractivity contribution in [3.05, 3.63) is 11.6 Å². The van der Waals surface area contributed by atoms with Crippen molar-refractivity contribution in [3.63, 3.8) is 0 Å². The quantitative estimate of drug-likeness (QED) is 0.493. The van der Waals surface area contributed by atoms with Crippen LogP contribution in [-0.4, -0.2) is 0 Å². The van der Waals surface area contributed by atoms with Crippen LogP contribution in [0.5, 0.6) is 0 Å². The molecule has 26 valence electrons. The highest BCUT2D eigenvalue weighted by molar-refractivity contribution is 8.16. The molecule has 0 N–H and O–H groups in total. The van der Waals surface area contributed by atoms with Crippen molar-refractivity contribution >= 4 is 23.3 Å². The van der Waals surface area contributed by atoms with Gasteiger partial charge in [-0.3, -0.25) is 0 Å². The van der Waals surface area contributed by atoms with E-state index in [0.717, 1.165) is 7.87 Å². The summed E-state index contributed by atoms with van der Waals surface area (Å²) in [5.41, 5.74) is 0. The van der Waals surface area contributed by atoms with Crippen molar-refractivity contribution in [1.29, 1.82) is 0 Å². The Morgan fingerprint density at radius 3 is 2.80 bits per heavy atom. The van der Waals surface area contributed by atoms with Gasteiger partial charge in [-0.05, 0) is 27.0 Å². The van der Waals surface area contributed by atoms with Crippen molar-refractivity contribution < 1.29 is 0 Å². The fourth-order valence-electron chi connectivity index (χ4n) is 0.167. The molecule has 0 saturated carbocycles. The van der Waals surface area contributed by atoms with Crippen molar-refractivity contribution in [2.24, 2.45) is 0 Å². The Hall–Kier alpha value is 0.640. The Kier molecular flexibility index (Phi) is 1.48. The lowest BCUT2D eigenvalue weighted by atomic mass is 11.2. The lowest BCUT2D eigenvalue weighted by molar-refractivity contribution is 2.39. The third-order valence-electron chi connectivity index (χ3n) is 0.331. The Morgan fingerprint density at radius 1 is 1.60 bits per heavy atom. The van der Waals surface area contributed by atoms with E-state index in [1.165, 1.54) is 7.87 Å². The lowest BCUT2D eigenvalue weighted by Gasteiger charge is -1.38.